The molecule has 1 rings (SSSR count). The van der Waals surface area contributed by atoms with E-state index in [9.17, 15) is 4.39 Å². The lowest BCUT2D eigenvalue weighted by molar-refractivity contribution is 0.627. The van der Waals surface area contributed by atoms with E-state index in [-0.39, 0.29) is 5.82 Å². The maximum atomic E-state index is 12.6. The quantitative estimate of drug-likeness (QED) is 0.467. The second-order valence-electron chi connectivity index (χ2n) is 2.37. The molecule has 0 aliphatic carbocycles. The molecule has 0 bridgehead atoms. The van der Waals surface area contributed by atoms with Crippen molar-refractivity contribution in [2.75, 3.05) is 5.73 Å². The largest absolute Gasteiger partial charge is 0.398 e. The summed E-state index contributed by atoms with van der Waals surface area (Å²) in [6.07, 6.45) is 1.13. The van der Waals surface area contributed by atoms with Gasteiger partial charge in [0.25, 0.3) is 0 Å². The van der Waals surface area contributed by atoms with Crippen molar-refractivity contribution in [3.8, 4) is 0 Å². The van der Waals surface area contributed by atoms with Crippen molar-refractivity contribution in [1.82, 2.24) is 0 Å². The van der Waals surface area contributed by atoms with Crippen molar-refractivity contribution < 1.29 is 4.39 Å². The smallest absolute Gasteiger partial charge is 0.125 e. The number of halogens is 1. The van der Waals surface area contributed by atoms with Gasteiger partial charge >= 0.3 is 0 Å². The first-order valence-electron chi connectivity index (χ1n) is 3.21. The minimum atomic E-state index is -0.356. The number of nitrogen functional groups attached to an aromatic ring is 1. The molecule has 0 atom stereocenters. The fraction of sp³-hybridized carbons (Fsp3) is 0.125. The van der Waals surface area contributed by atoms with Gasteiger partial charge in [-0.2, -0.15) is 0 Å². The predicted molar refractivity (Wildman–Crippen MR) is 43.4 cm³/mol. The lowest BCUT2D eigenvalue weighted by Crippen LogP contribution is -1.96. The summed E-state index contributed by atoms with van der Waals surface area (Å²) in [4.78, 5) is 0. The summed E-state index contributed by atoms with van der Waals surface area (Å²) in [6.45, 7) is 1.72. The third-order valence-corrected chi connectivity index (χ3v) is 1.53. The first-order valence-corrected chi connectivity index (χ1v) is 3.21. The molecule has 2 nitrogen and oxygen atoms in total. The van der Waals surface area contributed by atoms with Gasteiger partial charge in [-0.3, -0.25) is 0 Å². The fourth-order valence-electron chi connectivity index (χ4n) is 0.977. The first kappa shape index (κ1) is 7.72. The Morgan fingerprint density at radius 3 is 2.64 bits per heavy atom. The molecule has 3 heteroatoms. The van der Waals surface area contributed by atoms with Crippen LogP contribution in [0, 0.1) is 18.2 Å². The number of hydrogen-bond donors (Lipinski definition) is 2. The molecule has 0 aliphatic rings. The molecule has 0 fully saturated rings. The van der Waals surface area contributed by atoms with Crippen LogP contribution in [0.15, 0.2) is 12.1 Å². The summed E-state index contributed by atoms with van der Waals surface area (Å²) in [5, 5.41) is 6.97. The Morgan fingerprint density at radius 1 is 1.55 bits per heavy atom. The van der Waals surface area contributed by atoms with Crippen LogP contribution in [-0.4, -0.2) is 6.21 Å². The second-order valence-corrected chi connectivity index (χ2v) is 2.37. The Hall–Kier alpha value is -1.38. The molecule has 11 heavy (non-hydrogen) atoms. The molecule has 0 heterocycles. The fourth-order valence-corrected chi connectivity index (χ4v) is 0.977. The Morgan fingerprint density at radius 2 is 2.18 bits per heavy atom. The summed E-state index contributed by atoms with van der Waals surface area (Å²) in [6, 6.07) is 2.57. The molecule has 0 radical (unpaired) electrons. The van der Waals surface area contributed by atoms with Gasteiger partial charge in [-0.15, -0.1) is 0 Å². The minimum Gasteiger partial charge on any atom is -0.398 e. The zero-order valence-corrected chi connectivity index (χ0v) is 6.19. The van der Waals surface area contributed by atoms with Crippen LogP contribution in [0.25, 0.3) is 0 Å². The second kappa shape index (κ2) is 2.70. The highest BCUT2D eigenvalue weighted by atomic mass is 19.1. The van der Waals surface area contributed by atoms with E-state index >= 15 is 0 Å². The molecule has 58 valence electrons. The number of aryl methyl sites for hydroxylation is 1. The van der Waals surface area contributed by atoms with Crippen LogP contribution in [-0.2, 0) is 0 Å². The van der Waals surface area contributed by atoms with Gasteiger partial charge < -0.3 is 11.1 Å². The number of benzene rings is 1. The summed E-state index contributed by atoms with van der Waals surface area (Å²) in [5.41, 5.74) is 7.04. The van der Waals surface area contributed by atoms with Gasteiger partial charge in [0, 0.05) is 17.5 Å². The molecule has 0 spiro atoms. The Kier molecular flexibility index (Phi) is 1.89. The average Bonchev–Trinajstić information content (AvgIpc) is 1.85. The number of rotatable bonds is 1. The number of hydrogen-bond acceptors (Lipinski definition) is 2. The molecular weight excluding hydrogens is 143 g/mol. The van der Waals surface area contributed by atoms with Crippen molar-refractivity contribution in [3.05, 3.63) is 29.1 Å². The van der Waals surface area contributed by atoms with E-state index in [2.05, 4.69) is 0 Å². The lowest BCUT2D eigenvalue weighted by atomic mass is 10.1. The van der Waals surface area contributed by atoms with E-state index in [1.54, 1.807) is 6.92 Å². The summed E-state index contributed by atoms with van der Waals surface area (Å²) in [7, 11) is 0. The third kappa shape index (κ3) is 1.37. The van der Waals surface area contributed by atoms with Gasteiger partial charge in [0.1, 0.15) is 5.82 Å². The van der Waals surface area contributed by atoms with Gasteiger partial charge in [0.2, 0.25) is 0 Å². The van der Waals surface area contributed by atoms with Crippen molar-refractivity contribution in [2.24, 2.45) is 0 Å². The summed E-state index contributed by atoms with van der Waals surface area (Å²) < 4.78 is 12.6. The Balaban J connectivity index is 3.36. The Labute approximate surface area is 64.4 Å². The Bertz CT molecular complexity index is 271. The van der Waals surface area contributed by atoms with Crippen molar-refractivity contribution in [3.63, 3.8) is 0 Å². The van der Waals surface area contributed by atoms with Crippen LogP contribution in [0.1, 0.15) is 11.1 Å². The van der Waals surface area contributed by atoms with Crippen molar-refractivity contribution in [2.45, 2.75) is 6.92 Å². The van der Waals surface area contributed by atoms with Crippen molar-refractivity contribution >= 4 is 11.9 Å². The average molecular weight is 152 g/mol. The van der Waals surface area contributed by atoms with E-state index in [1.807, 2.05) is 0 Å². The lowest BCUT2D eigenvalue weighted by Gasteiger charge is -2.02. The standard InChI is InChI=1S/C8H9FN2/c1-5-2-6(9)3-8(11)7(5)4-10/h2-4,10H,11H2,1H3. The predicted octanol–water partition coefficient (Wildman–Crippen LogP) is 1.71. The monoisotopic (exact) mass is 152 g/mol. The maximum absolute atomic E-state index is 12.6. The summed E-state index contributed by atoms with van der Waals surface area (Å²) in [5.74, 6) is -0.356. The summed E-state index contributed by atoms with van der Waals surface area (Å²) >= 11 is 0. The zero-order chi connectivity index (χ0) is 8.43. The molecule has 0 saturated heterocycles. The highest BCUT2D eigenvalue weighted by Crippen LogP contribution is 2.15. The number of nitrogens with one attached hydrogen (secondary N) is 1. The molecule has 0 saturated carbocycles. The molecular formula is C8H9FN2. The minimum absolute atomic E-state index is 0.317. The molecule has 0 aliphatic heterocycles. The molecule has 0 aromatic heterocycles. The molecule has 1 aromatic carbocycles. The molecule has 1 aromatic rings. The maximum Gasteiger partial charge on any atom is 0.125 e. The number of nitrogens with two attached hydrogens (primary N) is 1. The molecule has 0 amide bonds. The molecule has 0 unspecified atom stereocenters. The SMILES string of the molecule is Cc1cc(F)cc(N)c1C=N. The van der Waals surface area contributed by atoms with Crippen LogP contribution in [0.5, 0.6) is 0 Å². The third-order valence-electron chi connectivity index (χ3n) is 1.53. The van der Waals surface area contributed by atoms with Gasteiger partial charge in [-0.1, -0.05) is 0 Å². The van der Waals surface area contributed by atoms with E-state index in [0.29, 0.717) is 16.8 Å². The van der Waals surface area contributed by atoms with E-state index in [1.165, 1.54) is 12.1 Å². The zero-order valence-electron chi connectivity index (χ0n) is 6.19. The van der Waals surface area contributed by atoms with Gasteiger partial charge in [0.15, 0.2) is 0 Å². The van der Waals surface area contributed by atoms with E-state index < -0.39 is 0 Å². The van der Waals surface area contributed by atoms with Crippen LogP contribution < -0.4 is 5.73 Å². The van der Waals surface area contributed by atoms with Gasteiger partial charge in [0.05, 0.1) is 0 Å². The molecule has 3 N–H and O–H groups in total. The van der Waals surface area contributed by atoms with Gasteiger partial charge in [-0.25, -0.2) is 4.39 Å². The normalized spacial score (nSPS) is 9.64. The highest BCUT2D eigenvalue weighted by Gasteiger charge is 2.01. The van der Waals surface area contributed by atoms with Crippen molar-refractivity contribution in [1.29, 1.82) is 5.41 Å². The van der Waals surface area contributed by atoms with Crippen LogP contribution >= 0.6 is 0 Å². The first-order chi connectivity index (χ1) is 5.15. The van der Waals surface area contributed by atoms with E-state index in [0.717, 1.165) is 6.21 Å². The van der Waals surface area contributed by atoms with E-state index in [4.69, 9.17) is 11.1 Å². The topological polar surface area (TPSA) is 49.9 Å². The van der Waals surface area contributed by atoms with Crippen LogP contribution in [0.4, 0.5) is 10.1 Å². The number of anilines is 1. The van der Waals surface area contributed by atoms with Crippen LogP contribution in [0.2, 0.25) is 0 Å². The van der Waals surface area contributed by atoms with Gasteiger partial charge in [-0.05, 0) is 24.6 Å². The highest BCUT2D eigenvalue weighted by molar-refractivity contribution is 5.86. The van der Waals surface area contributed by atoms with Crippen LogP contribution in [0.3, 0.4) is 0 Å².